The fourth-order valence-electron chi connectivity index (χ4n) is 2.46. The van der Waals surface area contributed by atoms with Gasteiger partial charge in [-0.3, -0.25) is 4.79 Å². The second-order valence-corrected chi connectivity index (χ2v) is 5.73. The van der Waals surface area contributed by atoms with E-state index in [4.69, 9.17) is 5.73 Å². The molecule has 18 heavy (non-hydrogen) atoms. The molecule has 1 fully saturated rings. The van der Waals surface area contributed by atoms with Crippen molar-refractivity contribution in [1.82, 2.24) is 5.32 Å². The summed E-state index contributed by atoms with van der Waals surface area (Å²) >= 11 is 0. The van der Waals surface area contributed by atoms with Crippen molar-refractivity contribution in [1.29, 1.82) is 0 Å². The lowest BCUT2D eigenvalue weighted by Crippen LogP contribution is -2.57. The molecule has 106 valence electrons. The summed E-state index contributed by atoms with van der Waals surface area (Å²) in [5.74, 6) is -0.127. The van der Waals surface area contributed by atoms with Crippen molar-refractivity contribution < 1.29 is 15.0 Å². The molecule has 5 heteroatoms. The normalized spacial score (nSPS) is 20.2. The van der Waals surface area contributed by atoms with Crippen LogP contribution < -0.4 is 11.1 Å². The Labute approximate surface area is 109 Å². The van der Waals surface area contributed by atoms with Crippen molar-refractivity contribution in [3.8, 4) is 0 Å². The Morgan fingerprint density at radius 2 is 1.72 bits per heavy atom. The zero-order valence-electron chi connectivity index (χ0n) is 11.2. The maximum absolute atomic E-state index is 12.4. The molecular weight excluding hydrogens is 232 g/mol. The van der Waals surface area contributed by atoms with Crippen molar-refractivity contribution in [2.45, 2.75) is 51.0 Å². The van der Waals surface area contributed by atoms with Crippen LogP contribution in [0.5, 0.6) is 0 Å². The number of amides is 1. The van der Waals surface area contributed by atoms with Crippen LogP contribution in [-0.4, -0.2) is 41.4 Å². The van der Waals surface area contributed by atoms with Gasteiger partial charge in [-0.2, -0.15) is 0 Å². The largest absolute Gasteiger partial charge is 0.394 e. The Morgan fingerprint density at radius 1 is 1.22 bits per heavy atom. The number of rotatable bonds is 5. The molecule has 0 aromatic rings. The van der Waals surface area contributed by atoms with Gasteiger partial charge in [0.2, 0.25) is 5.91 Å². The zero-order chi connectivity index (χ0) is 13.6. The van der Waals surface area contributed by atoms with Crippen LogP contribution in [0.15, 0.2) is 0 Å². The van der Waals surface area contributed by atoms with Gasteiger partial charge in [0.05, 0.1) is 24.2 Å². The second kappa shape index (κ2) is 6.50. The first kappa shape index (κ1) is 15.4. The molecule has 5 nitrogen and oxygen atoms in total. The SMILES string of the molecule is CC(CO)(CO)NC(=O)C1(CN)CCCCCC1. The molecule has 0 atom stereocenters. The van der Waals surface area contributed by atoms with Gasteiger partial charge < -0.3 is 21.3 Å². The lowest BCUT2D eigenvalue weighted by atomic mass is 9.79. The molecule has 0 aliphatic heterocycles. The fraction of sp³-hybridized carbons (Fsp3) is 0.923. The summed E-state index contributed by atoms with van der Waals surface area (Å²) in [7, 11) is 0. The number of hydrogen-bond donors (Lipinski definition) is 4. The molecule has 1 saturated carbocycles. The average Bonchev–Trinajstić information content (AvgIpc) is 2.64. The number of aliphatic hydroxyl groups is 2. The van der Waals surface area contributed by atoms with Gasteiger partial charge in [0.1, 0.15) is 0 Å². The molecule has 0 unspecified atom stereocenters. The average molecular weight is 258 g/mol. The van der Waals surface area contributed by atoms with E-state index in [1.54, 1.807) is 6.92 Å². The van der Waals surface area contributed by atoms with Crippen molar-refractivity contribution >= 4 is 5.91 Å². The van der Waals surface area contributed by atoms with E-state index in [-0.39, 0.29) is 19.1 Å². The van der Waals surface area contributed by atoms with E-state index in [0.717, 1.165) is 38.5 Å². The summed E-state index contributed by atoms with van der Waals surface area (Å²) in [6.45, 7) is 1.39. The minimum Gasteiger partial charge on any atom is -0.394 e. The predicted octanol–water partition coefficient (Wildman–Crippen LogP) is 0.145. The molecule has 1 aliphatic rings. The molecular formula is C13H26N2O3. The summed E-state index contributed by atoms with van der Waals surface area (Å²) < 4.78 is 0. The first-order valence-corrected chi connectivity index (χ1v) is 6.76. The van der Waals surface area contributed by atoms with Crippen LogP contribution >= 0.6 is 0 Å². The number of nitrogens with one attached hydrogen (secondary N) is 1. The quantitative estimate of drug-likeness (QED) is 0.528. The van der Waals surface area contributed by atoms with Crippen LogP contribution in [-0.2, 0) is 4.79 Å². The third-order valence-corrected chi connectivity index (χ3v) is 4.05. The van der Waals surface area contributed by atoms with Gasteiger partial charge >= 0.3 is 0 Å². The molecule has 0 aromatic heterocycles. The molecule has 5 N–H and O–H groups in total. The summed E-state index contributed by atoms with van der Waals surface area (Å²) in [5, 5.41) is 21.2. The Balaban J connectivity index is 2.77. The highest BCUT2D eigenvalue weighted by molar-refractivity contribution is 5.83. The number of aliphatic hydroxyl groups excluding tert-OH is 2. The molecule has 0 aromatic carbocycles. The van der Waals surface area contributed by atoms with Gasteiger partial charge in [-0.1, -0.05) is 25.7 Å². The summed E-state index contributed by atoms with van der Waals surface area (Å²) in [6.07, 6.45) is 5.91. The number of hydrogen-bond acceptors (Lipinski definition) is 4. The standard InChI is InChI=1S/C13H26N2O3/c1-12(9-16,10-17)15-11(18)13(8-14)6-4-2-3-5-7-13/h16-17H,2-10,14H2,1H3,(H,15,18). The topological polar surface area (TPSA) is 95.6 Å². The Hall–Kier alpha value is -0.650. The maximum atomic E-state index is 12.4. The van der Waals surface area contributed by atoms with Crippen molar-refractivity contribution in [3.05, 3.63) is 0 Å². The van der Waals surface area contributed by atoms with Crippen LogP contribution in [0.25, 0.3) is 0 Å². The zero-order valence-corrected chi connectivity index (χ0v) is 11.2. The lowest BCUT2D eigenvalue weighted by Gasteiger charge is -2.35. The van der Waals surface area contributed by atoms with E-state index in [9.17, 15) is 15.0 Å². The molecule has 1 rings (SSSR count). The molecule has 1 aliphatic carbocycles. The van der Waals surface area contributed by atoms with Gasteiger partial charge in [0.25, 0.3) is 0 Å². The molecule has 0 bridgehead atoms. The minimum atomic E-state index is -0.967. The third kappa shape index (κ3) is 3.43. The Bertz CT molecular complexity index is 269. The molecule has 0 heterocycles. The second-order valence-electron chi connectivity index (χ2n) is 5.73. The van der Waals surface area contributed by atoms with Crippen LogP contribution in [0.2, 0.25) is 0 Å². The predicted molar refractivity (Wildman–Crippen MR) is 69.9 cm³/mol. The summed E-state index contributed by atoms with van der Waals surface area (Å²) in [4.78, 5) is 12.4. The molecule has 0 spiro atoms. The smallest absolute Gasteiger partial charge is 0.228 e. The number of carbonyl (C=O) groups is 1. The van der Waals surface area contributed by atoms with Gasteiger partial charge in [-0.05, 0) is 19.8 Å². The fourth-order valence-corrected chi connectivity index (χ4v) is 2.46. The third-order valence-electron chi connectivity index (χ3n) is 4.05. The van der Waals surface area contributed by atoms with E-state index in [2.05, 4.69) is 5.32 Å². The first-order chi connectivity index (χ1) is 8.52. The first-order valence-electron chi connectivity index (χ1n) is 6.76. The van der Waals surface area contributed by atoms with E-state index >= 15 is 0 Å². The van der Waals surface area contributed by atoms with Crippen molar-refractivity contribution in [3.63, 3.8) is 0 Å². The minimum absolute atomic E-state index is 0.127. The van der Waals surface area contributed by atoms with E-state index in [1.165, 1.54) is 0 Å². The van der Waals surface area contributed by atoms with Crippen LogP contribution in [0.4, 0.5) is 0 Å². The Kier molecular flexibility index (Phi) is 5.56. The summed E-state index contributed by atoms with van der Waals surface area (Å²) in [6, 6.07) is 0. The highest BCUT2D eigenvalue weighted by Gasteiger charge is 2.40. The number of carbonyl (C=O) groups excluding carboxylic acids is 1. The van der Waals surface area contributed by atoms with Gasteiger partial charge in [-0.25, -0.2) is 0 Å². The highest BCUT2D eigenvalue weighted by atomic mass is 16.3. The lowest BCUT2D eigenvalue weighted by molar-refractivity contribution is -0.134. The van der Waals surface area contributed by atoms with Crippen molar-refractivity contribution in [2.75, 3.05) is 19.8 Å². The van der Waals surface area contributed by atoms with Gasteiger partial charge in [-0.15, -0.1) is 0 Å². The molecule has 0 radical (unpaired) electrons. The van der Waals surface area contributed by atoms with Crippen molar-refractivity contribution in [2.24, 2.45) is 11.1 Å². The van der Waals surface area contributed by atoms with E-state index in [1.807, 2.05) is 0 Å². The van der Waals surface area contributed by atoms with Crippen LogP contribution in [0, 0.1) is 5.41 Å². The Morgan fingerprint density at radius 3 is 2.11 bits per heavy atom. The monoisotopic (exact) mass is 258 g/mol. The van der Waals surface area contributed by atoms with Gasteiger partial charge in [0.15, 0.2) is 0 Å². The molecule has 1 amide bonds. The number of nitrogens with two attached hydrogens (primary N) is 1. The maximum Gasteiger partial charge on any atom is 0.228 e. The van der Waals surface area contributed by atoms with E-state index < -0.39 is 11.0 Å². The molecule has 0 saturated heterocycles. The highest BCUT2D eigenvalue weighted by Crippen LogP contribution is 2.34. The van der Waals surface area contributed by atoms with E-state index in [0.29, 0.717) is 6.54 Å². The summed E-state index contributed by atoms with van der Waals surface area (Å²) in [5.41, 5.74) is 4.33. The van der Waals surface area contributed by atoms with Crippen LogP contribution in [0.1, 0.15) is 45.4 Å². The van der Waals surface area contributed by atoms with Gasteiger partial charge in [0, 0.05) is 6.54 Å². The van der Waals surface area contributed by atoms with Crippen LogP contribution in [0.3, 0.4) is 0 Å².